The zero-order chi connectivity index (χ0) is 14.2. The third kappa shape index (κ3) is 2.51. The summed E-state index contributed by atoms with van der Waals surface area (Å²) in [6.45, 7) is 2.68. The summed E-state index contributed by atoms with van der Waals surface area (Å²) in [6.07, 6.45) is 0.713. The summed E-state index contributed by atoms with van der Waals surface area (Å²) in [7, 11) is 0. The summed E-state index contributed by atoms with van der Waals surface area (Å²) in [5.41, 5.74) is 5.09. The highest BCUT2D eigenvalue weighted by Crippen LogP contribution is 2.36. The van der Waals surface area contributed by atoms with Gasteiger partial charge in [0.25, 0.3) is 5.69 Å². The van der Waals surface area contributed by atoms with Crippen LogP contribution in [0.2, 0.25) is 0 Å². The summed E-state index contributed by atoms with van der Waals surface area (Å²) in [5, 5.41) is 10.9. The quantitative estimate of drug-likeness (QED) is 0.674. The van der Waals surface area contributed by atoms with E-state index >= 15 is 0 Å². The molecular weight excluding hydrogens is 256 g/mol. The Labute approximate surface area is 109 Å². The summed E-state index contributed by atoms with van der Waals surface area (Å²) < 4.78 is 27.1. The normalized spacial score (nSPS) is 20.6. The first-order valence-corrected chi connectivity index (χ1v) is 6.04. The van der Waals surface area contributed by atoms with Gasteiger partial charge in [-0.15, -0.1) is 0 Å². The first-order chi connectivity index (χ1) is 8.91. The molecule has 2 N–H and O–H groups in total. The van der Waals surface area contributed by atoms with Crippen molar-refractivity contribution in [2.75, 3.05) is 18.0 Å². The van der Waals surface area contributed by atoms with Crippen molar-refractivity contribution in [1.82, 2.24) is 0 Å². The third-order valence-corrected chi connectivity index (χ3v) is 3.53. The van der Waals surface area contributed by atoms with E-state index in [0.717, 1.165) is 12.1 Å². The van der Waals surface area contributed by atoms with E-state index in [1.807, 2.05) is 6.92 Å². The molecule has 0 aliphatic carbocycles. The number of anilines is 1. The molecule has 2 atom stereocenters. The zero-order valence-corrected chi connectivity index (χ0v) is 10.5. The minimum absolute atomic E-state index is 0.0827. The lowest BCUT2D eigenvalue weighted by molar-refractivity contribution is -0.384. The number of benzene rings is 1. The van der Waals surface area contributed by atoms with Gasteiger partial charge < -0.3 is 10.6 Å². The van der Waals surface area contributed by atoms with Crippen molar-refractivity contribution in [3.05, 3.63) is 33.9 Å². The molecule has 1 aliphatic rings. The first kappa shape index (κ1) is 13.7. The van der Waals surface area contributed by atoms with Crippen LogP contribution in [0.5, 0.6) is 0 Å². The van der Waals surface area contributed by atoms with Crippen molar-refractivity contribution in [1.29, 1.82) is 0 Å². The fourth-order valence-electron chi connectivity index (χ4n) is 2.40. The highest BCUT2D eigenvalue weighted by Gasteiger charge is 2.32. The van der Waals surface area contributed by atoms with E-state index in [2.05, 4.69) is 0 Å². The van der Waals surface area contributed by atoms with Gasteiger partial charge in [-0.25, -0.2) is 8.78 Å². The Hall–Kier alpha value is -1.76. The van der Waals surface area contributed by atoms with Crippen LogP contribution in [0.1, 0.15) is 13.3 Å². The molecule has 0 saturated carbocycles. The summed E-state index contributed by atoms with van der Waals surface area (Å²) in [4.78, 5) is 11.7. The maximum atomic E-state index is 13.9. The molecule has 1 heterocycles. The maximum Gasteiger partial charge on any atom is 0.295 e. The standard InChI is InChI=1S/C12H15F2N3O2/c1-7(15)8-4-5-16(6-8)12-10(17(18)19)3-2-9(13)11(12)14/h2-3,7-8H,4-6,15H2,1H3. The number of nitro groups is 1. The van der Waals surface area contributed by atoms with Crippen LogP contribution in [-0.2, 0) is 0 Å². The molecule has 0 radical (unpaired) electrons. The molecule has 1 aromatic carbocycles. The smallest absolute Gasteiger partial charge is 0.295 e. The third-order valence-electron chi connectivity index (χ3n) is 3.53. The Bertz CT molecular complexity index is 508. The lowest BCUT2D eigenvalue weighted by Gasteiger charge is -2.20. The van der Waals surface area contributed by atoms with Crippen LogP contribution in [0, 0.1) is 27.7 Å². The summed E-state index contributed by atoms with van der Waals surface area (Å²) in [5.74, 6) is -2.12. The highest BCUT2D eigenvalue weighted by atomic mass is 19.2. The number of nitrogens with two attached hydrogens (primary N) is 1. The van der Waals surface area contributed by atoms with Gasteiger partial charge in [0.15, 0.2) is 17.3 Å². The Kier molecular flexibility index (Phi) is 3.66. The van der Waals surface area contributed by atoms with Crippen molar-refractivity contribution >= 4 is 11.4 Å². The molecule has 1 fully saturated rings. The molecule has 0 spiro atoms. The topological polar surface area (TPSA) is 72.4 Å². The van der Waals surface area contributed by atoms with E-state index in [0.29, 0.717) is 19.5 Å². The fraction of sp³-hybridized carbons (Fsp3) is 0.500. The molecule has 1 saturated heterocycles. The molecule has 1 aromatic rings. The number of rotatable bonds is 3. The van der Waals surface area contributed by atoms with Gasteiger partial charge in [0, 0.05) is 25.2 Å². The van der Waals surface area contributed by atoms with Crippen molar-refractivity contribution in [2.45, 2.75) is 19.4 Å². The van der Waals surface area contributed by atoms with Crippen LogP contribution in [0.15, 0.2) is 12.1 Å². The number of nitrogens with zero attached hydrogens (tertiary/aromatic N) is 2. The van der Waals surface area contributed by atoms with E-state index < -0.39 is 22.2 Å². The van der Waals surface area contributed by atoms with Crippen molar-refractivity contribution in [2.24, 2.45) is 11.7 Å². The molecule has 0 aromatic heterocycles. The zero-order valence-electron chi connectivity index (χ0n) is 10.5. The van der Waals surface area contributed by atoms with Crippen LogP contribution < -0.4 is 10.6 Å². The van der Waals surface area contributed by atoms with E-state index in [1.54, 1.807) is 0 Å². The second kappa shape index (κ2) is 5.08. The van der Waals surface area contributed by atoms with Gasteiger partial charge in [0.2, 0.25) is 0 Å². The second-order valence-corrected chi connectivity index (χ2v) is 4.84. The van der Waals surface area contributed by atoms with Gasteiger partial charge in [0.05, 0.1) is 4.92 Å². The monoisotopic (exact) mass is 271 g/mol. The number of halogens is 2. The molecule has 0 amide bonds. The summed E-state index contributed by atoms with van der Waals surface area (Å²) in [6, 6.07) is 1.68. The predicted molar refractivity (Wildman–Crippen MR) is 67.0 cm³/mol. The Balaban J connectivity index is 2.39. The van der Waals surface area contributed by atoms with E-state index in [4.69, 9.17) is 5.73 Å². The molecule has 1 aliphatic heterocycles. The van der Waals surface area contributed by atoms with Crippen LogP contribution in [0.3, 0.4) is 0 Å². The van der Waals surface area contributed by atoms with E-state index in [1.165, 1.54) is 4.90 Å². The van der Waals surface area contributed by atoms with E-state index in [-0.39, 0.29) is 17.6 Å². The molecule has 2 rings (SSSR count). The van der Waals surface area contributed by atoms with Gasteiger partial charge in [0.1, 0.15) is 0 Å². The van der Waals surface area contributed by atoms with Crippen LogP contribution in [-0.4, -0.2) is 24.1 Å². The highest BCUT2D eigenvalue weighted by molar-refractivity contribution is 5.64. The number of nitro benzene ring substituents is 1. The predicted octanol–water partition coefficient (Wildman–Crippen LogP) is 2.05. The van der Waals surface area contributed by atoms with Gasteiger partial charge >= 0.3 is 0 Å². The first-order valence-electron chi connectivity index (χ1n) is 6.04. The molecule has 5 nitrogen and oxygen atoms in total. The second-order valence-electron chi connectivity index (χ2n) is 4.84. The van der Waals surface area contributed by atoms with Crippen molar-refractivity contribution in [3.8, 4) is 0 Å². The van der Waals surface area contributed by atoms with Crippen molar-refractivity contribution < 1.29 is 13.7 Å². The average molecular weight is 271 g/mol. The molecular formula is C12H15F2N3O2. The van der Waals surface area contributed by atoms with Crippen LogP contribution in [0.25, 0.3) is 0 Å². The lowest BCUT2D eigenvalue weighted by atomic mass is 10.0. The molecule has 19 heavy (non-hydrogen) atoms. The average Bonchev–Trinajstić information content (AvgIpc) is 2.81. The van der Waals surface area contributed by atoms with Gasteiger partial charge in [-0.3, -0.25) is 10.1 Å². The van der Waals surface area contributed by atoms with Gasteiger partial charge in [-0.05, 0) is 25.3 Å². The Morgan fingerprint density at radius 3 is 2.74 bits per heavy atom. The fourth-order valence-corrected chi connectivity index (χ4v) is 2.40. The van der Waals surface area contributed by atoms with Crippen LogP contribution >= 0.6 is 0 Å². The minimum atomic E-state index is -1.17. The Morgan fingerprint density at radius 2 is 2.21 bits per heavy atom. The lowest BCUT2D eigenvalue weighted by Crippen LogP contribution is -2.30. The number of hydrogen-bond donors (Lipinski definition) is 1. The van der Waals surface area contributed by atoms with Crippen LogP contribution in [0.4, 0.5) is 20.2 Å². The summed E-state index contributed by atoms with van der Waals surface area (Å²) >= 11 is 0. The minimum Gasteiger partial charge on any atom is -0.363 e. The van der Waals surface area contributed by atoms with Crippen molar-refractivity contribution in [3.63, 3.8) is 0 Å². The number of hydrogen-bond acceptors (Lipinski definition) is 4. The van der Waals surface area contributed by atoms with Gasteiger partial charge in [-0.2, -0.15) is 0 Å². The largest absolute Gasteiger partial charge is 0.363 e. The Morgan fingerprint density at radius 1 is 1.53 bits per heavy atom. The molecule has 104 valence electrons. The van der Waals surface area contributed by atoms with Gasteiger partial charge in [-0.1, -0.05) is 0 Å². The molecule has 7 heteroatoms. The maximum absolute atomic E-state index is 13.9. The molecule has 2 unspecified atom stereocenters. The molecule has 0 bridgehead atoms. The SMILES string of the molecule is CC(N)C1CCN(c2c([N+](=O)[O-])ccc(F)c2F)C1. The van der Waals surface area contributed by atoms with E-state index in [9.17, 15) is 18.9 Å².